The van der Waals surface area contributed by atoms with Crippen molar-refractivity contribution in [1.29, 1.82) is 0 Å². The van der Waals surface area contributed by atoms with Gasteiger partial charge in [-0.05, 0) is 24.8 Å². The molecule has 1 heterocycles. The van der Waals surface area contributed by atoms with Crippen LogP contribution in [0.1, 0.15) is 12.0 Å². The van der Waals surface area contributed by atoms with Crippen LogP contribution < -0.4 is 10.5 Å². The molecule has 22 heavy (non-hydrogen) atoms. The molecule has 2 N–H and O–H groups in total. The fourth-order valence-electron chi connectivity index (χ4n) is 2.49. The van der Waals surface area contributed by atoms with E-state index < -0.39 is 0 Å². The van der Waals surface area contributed by atoms with Gasteiger partial charge in [-0.2, -0.15) is 0 Å². The first-order valence-electron chi connectivity index (χ1n) is 6.83. The van der Waals surface area contributed by atoms with Crippen molar-refractivity contribution in [3.63, 3.8) is 0 Å². The van der Waals surface area contributed by atoms with Crippen molar-refractivity contribution in [3.8, 4) is 16.9 Å². The largest absolute Gasteiger partial charge is 0.485 e. The predicted octanol–water partition coefficient (Wildman–Crippen LogP) is 5.21. The summed E-state index contributed by atoms with van der Waals surface area (Å²) in [6.07, 6.45) is 4.87. The average Bonchev–Trinajstić information content (AvgIpc) is 2.48. The van der Waals surface area contributed by atoms with Gasteiger partial charge in [-0.1, -0.05) is 53.5 Å². The molecule has 2 aromatic carbocycles. The Kier molecular flexibility index (Phi) is 5.76. The number of fused-ring (bicyclic) bond motifs is 1. The monoisotopic (exact) mass is 355 g/mol. The minimum atomic E-state index is -0.00934. The van der Waals surface area contributed by atoms with E-state index in [0.29, 0.717) is 16.6 Å². The van der Waals surface area contributed by atoms with E-state index in [9.17, 15) is 0 Å². The molecule has 1 aliphatic rings. The van der Waals surface area contributed by atoms with E-state index in [2.05, 4.69) is 6.08 Å². The summed E-state index contributed by atoms with van der Waals surface area (Å²) in [4.78, 5) is 0. The van der Waals surface area contributed by atoms with Crippen LogP contribution in [0, 0.1) is 0 Å². The van der Waals surface area contributed by atoms with Crippen molar-refractivity contribution in [2.75, 3.05) is 6.54 Å². The first-order chi connectivity index (χ1) is 10.2. The quantitative estimate of drug-likeness (QED) is 0.820. The molecule has 0 amide bonds. The molecule has 2 nitrogen and oxygen atoms in total. The summed E-state index contributed by atoms with van der Waals surface area (Å²) in [5, 5.41) is 1.23. The van der Waals surface area contributed by atoms with Crippen LogP contribution in [0.25, 0.3) is 17.2 Å². The molecule has 0 fully saturated rings. The van der Waals surface area contributed by atoms with Crippen molar-refractivity contribution >= 4 is 41.7 Å². The Morgan fingerprint density at radius 1 is 1.05 bits per heavy atom. The van der Waals surface area contributed by atoms with E-state index in [1.807, 2.05) is 42.5 Å². The molecular weight excluding hydrogens is 341 g/mol. The van der Waals surface area contributed by atoms with Crippen LogP contribution in [0.2, 0.25) is 10.0 Å². The first-order valence-corrected chi connectivity index (χ1v) is 7.58. The minimum Gasteiger partial charge on any atom is -0.485 e. The van der Waals surface area contributed by atoms with E-state index in [0.717, 1.165) is 28.9 Å². The molecule has 0 aromatic heterocycles. The molecule has 5 heteroatoms. The molecule has 3 rings (SSSR count). The second kappa shape index (κ2) is 7.38. The van der Waals surface area contributed by atoms with Crippen molar-refractivity contribution in [3.05, 3.63) is 58.1 Å². The van der Waals surface area contributed by atoms with Crippen LogP contribution in [0.5, 0.6) is 5.75 Å². The zero-order valence-electron chi connectivity index (χ0n) is 11.8. The van der Waals surface area contributed by atoms with Crippen LogP contribution in [0.15, 0.2) is 42.5 Å². The van der Waals surface area contributed by atoms with Crippen LogP contribution in [-0.4, -0.2) is 12.6 Å². The molecule has 116 valence electrons. The van der Waals surface area contributed by atoms with Gasteiger partial charge >= 0.3 is 0 Å². The van der Waals surface area contributed by atoms with Crippen LogP contribution in [0.3, 0.4) is 0 Å². The number of benzene rings is 2. The highest BCUT2D eigenvalue weighted by molar-refractivity contribution is 6.39. The lowest BCUT2D eigenvalue weighted by molar-refractivity contribution is 0.239. The fraction of sp³-hybridized carbons (Fsp3) is 0.176. The van der Waals surface area contributed by atoms with Gasteiger partial charge in [0, 0.05) is 23.1 Å². The Labute approximate surface area is 146 Å². The lowest BCUT2D eigenvalue weighted by Crippen LogP contribution is -2.21. The number of nitrogens with two attached hydrogens (primary N) is 1. The van der Waals surface area contributed by atoms with E-state index in [4.69, 9.17) is 33.7 Å². The summed E-state index contributed by atoms with van der Waals surface area (Å²) in [7, 11) is 0. The number of hydrogen-bond acceptors (Lipinski definition) is 2. The Hall–Kier alpha value is -1.19. The highest BCUT2D eigenvalue weighted by Crippen LogP contribution is 2.43. The second-order valence-corrected chi connectivity index (χ2v) is 5.73. The van der Waals surface area contributed by atoms with E-state index in [-0.39, 0.29) is 18.5 Å². The Bertz CT molecular complexity index is 680. The van der Waals surface area contributed by atoms with Gasteiger partial charge in [0.15, 0.2) is 0 Å². The summed E-state index contributed by atoms with van der Waals surface area (Å²) in [5.74, 6) is 0.813. The maximum Gasteiger partial charge on any atom is 0.135 e. The molecule has 0 spiro atoms. The SMILES string of the molecule is Cl.NCC[C@@H]1C=Cc2cccc(-c3c(Cl)cccc3Cl)c2O1. The topological polar surface area (TPSA) is 35.2 Å². The zero-order valence-corrected chi connectivity index (χ0v) is 14.1. The Balaban J connectivity index is 0.00000176. The Morgan fingerprint density at radius 2 is 1.73 bits per heavy atom. The average molecular weight is 357 g/mol. The van der Waals surface area contributed by atoms with Gasteiger partial charge in [-0.25, -0.2) is 0 Å². The first kappa shape index (κ1) is 17.2. The Morgan fingerprint density at radius 3 is 2.41 bits per heavy atom. The van der Waals surface area contributed by atoms with Gasteiger partial charge in [0.1, 0.15) is 11.9 Å². The van der Waals surface area contributed by atoms with Gasteiger partial charge in [0.25, 0.3) is 0 Å². The minimum absolute atomic E-state index is 0. The smallest absolute Gasteiger partial charge is 0.135 e. The van der Waals surface area contributed by atoms with Gasteiger partial charge in [0.2, 0.25) is 0 Å². The molecule has 0 unspecified atom stereocenters. The van der Waals surface area contributed by atoms with Crippen molar-refractivity contribution in [2.24, 2.45) is 5.73 Å². The highest BCUT2D eigenvalue weighted by atomic mass is 35.5. The number of halogens is 3. The maximum atomic E-state index is 6.33. The van der Waals surface area contributed by atoms with E-state index in [1.54, 1.807) is 0 Å². The number of para-hydroxylation sites is 1. The summed E-state index contributed by atoms with van der Waals surface area (Å²) < 4.78 is 6.08. The van der Waals surface area contributed by atoms with Gasteiger partial charge in [0.05, 0.1) is 10.0 Å². The lowest BCUT2D eigenvalue weighted by atomic mass is 9.98. The maximum absolute atomic E-state index is 6.33. The molecular formula is C17H16Cl3NO. The van der Waals surface area contributed by atoms with Gasteiger partial charge < -0.3 is 10.5 Å². The third-order valence-electron chi connectivity index (χ3n) is 3.49. The summed E-state index contributed by atoms with van der Waals surface area (Å²) in [5.41, 5.74) is 8.36. The number of rotatable bonds is 3. The van der Waals surface area contributed by atoms with Crippen LogP contribution >= 0.6 is 35.6 Å². The summed E-state index contributed by atoms with van der Waals surface area (Å²) in [6.45, 7) is 0.583. The van der Waals surface area contributed by atoms with Crippen molar-refractivity contribution < 1.29 is 4.74 Å². The van der Waals surface area contributed by atoms with E-state index >= 15 is 0 Å². The third kappa shape index (κ3) is 3.26. The van der Waals surface area contributed by atoms with E-state index in [1.165, 1.54) is 0 Å². The molecule has 0 radical (unpaired) electrons. The third-order valence-corrected chi connectivity index (χ3v) is 4.12. The van der Waals surface area contributed by atoms with Crippen LogP contribution in [0.4, 0.5) is 0 Å². The standard InChI is InChI=1S/C17H15Cl2NO.ClH/c18-14-5-2-6-15(19)16(14)13-4-1-3-11-7-8-12(9-10-20)21-17(11)13;/h1-8,12H,9-10,20H2;1H/t12-;/m0./s1. The van der Waals surface area contributed by atoms with Crippen molar-refractivity contribution in [2.45, 2.75) is 12.5 Å². The zero-order chi connectivity index (χ0) is 14.8. The second-order valence-electron chi connectivity index (χ2n) is 4.91. The molecule has 1 atom stereocenters. The number of ether oxygens (including phenoxy) is 1. The fourth-order valence-corrected chi connectivity index (χ4v) is 3.09. The van der Waals surface area contributed by atoms with Crippen molar-refractivity contribution in [1.82, 2.24) is 0 Å². The van der Waals surface area contributed by atoms with Gasteiger partial charge in [-0.3, -0.25) is 0 Å². The molecule has 0 saturated heterocycles. The normalized spacial score (nSPS) is 15.7. The molecule has 0 aliphatic carbocycles. The molecule has 0 saturated carbocycles. The lowest BCUT2D eigenvalue weighted by Gasteiger charge is -2.24. The molecule has 0 bridgehead atoms. The summed E-state index contributed by atoms with van der Waals surface area (Å²) >= 11 is 12.7. The highest BCUT2D eigenvalue weighted by Gasteiger charge is 2.20. The number of hydrogen-bond donors (Lipinski definition) is 1. The molecule has 2 aromatic rings. The molecule has 1 aliphatic heterocycles. The van der Waals surface area contributed by atoms with Crippen LogP contribution in [-0.2, 0) is 0 Å². The summed E-state index contributed by atoms with van der Waals surface area (Å²) in [6, 6.07) is 11.5. The van der Waals surface area contributed by atoms with Gasteiger partial charge in [-0.15, -0.1) is 12.4 Å². The predicted molar refractivity (Wildman–Crippen MR) is 96.3 cm³/mol.